The summed E-state index contributed by atoms with van der Waals surface area (Å²) in [4.78, 5) is 11.5. The lowest BCUT2D eigenvalue weighted by atomic mass is 10.0. The van der Waals surface area contributed by atoms with Crippen molar-refractivity contribution in [3.63, 3.8) is 0 Å². The van der Waals surface area contributed by atoms with Crippen molar-refractivity contribution in [3.8, 4) is 0 Å². The van der Waals surface area contributed by atoms with Gasteiger partial charge in [-0.15, -0.1) is 0 Å². The summed E-state index contributed by atoms with van der Waals surface area (Å²) in [5.74, 6) is 0.323. The molecule has 5 nitrogen and oxygen atoms in total. The van der Waals surface area contributed by atoms with Gasteiger partial charge in [0.05, 0.1) is 0 Å². The van der Waals surface area contributed by atoms with E-state index in [1.165, 1.54) is 6.42 Å². The molecule has 1 aliphatic rings. The van der Waals surface area contributed by atoms with Gasteiger partial charge in [0.25, 0.3) is 5.91 Å². The van der Waals surface area contributed by atoms with Crippen molar-refractivity contribution in [1.29, 1.82) is 0 Å². The largest absolute Gasteiger partial charge is 0.350 e. The summed E-state index contributed by atoms with van der Waals surface area (Å²) in [6.45, 7) is 0.666. The summed E-state index contributed by atoms with van der Waals surface area (Å²) < 4.78 is 0. The third-order valence-corrected chi connectivity index (χ3v) is 2.99. The molecule has 0 saturated heterocycles. The zero-order valence-electron chi connectivity index (χ0n) is 8.57. The summed E-state index contributed by atoms with van der Waals surface area (Å²) >= 11 is 0. The van der Waals surface area contributed by atoms with Crippen LogP contribution in [0.2, 0.25) is 0 Å². The van der Waals surface area contributed by atoms with Crippen LogP contribution in [0.25, 0.3) is 0 Å². The van der Waals surface area contributed by atoms with Crippen molar-refractivity contribution in [3.05, 3.63) is 18.0 Å². The molecule has 2 unspecified atom stereocenters. The Kier molecular flexibility index (Phi) is 3.01. The van der Waals surface area contributed by atoms with Gasteiger partial charge in [-0.1, -0.05) is 6.42 Å². The highest BCUT2D eigenvalue weighted by atomic mass is 16.1. The van der Waals surface area contributed by atoms with Crippen molar-refractivity contribution in [2.24, 2.45) is 11.7 Å². The first-order valence-corrected chi connectivity index (χ1v) is 5.30. The molecule has 0 bridgehead atoms. The Labute approximate surface area is 88.4 Å². The van der Waals surface area contributed by atoms with Crippen molar-refractivity contribution in [1.82, 2.24) is 15.5 Å². The number of nitrogens with two attached hydrogens (primary N) is 1. The van der Waals surface area contributed by atoms with Crippen molar-refractivity contribution < 1.29 is 4.79 Å². The lowest BCUT2D eigenvalue weighted by Gasteiger charge is -2.15. The second-order valence-corrected chi connectivity index (χ2v) is 4.04. The minimum absolute atomic E-state index is 0.105. The molecule has 1 aromatic heterocycles. The van der Waals surface area contributed by atoms with Crippen LogP contribution in [-0.4, -0.2) is 28.7 Å². The van der Waals surface area contributed by atoms with Gasteiger partial charge in [-0.25, -0.2) is 0 Å². The summed E-state index contributed by atoms with van der Waals surface area (Å²) in [6, 6.07) is 1.90. The van der Waals surface area contributed by atoms with Crippen LogP contribution < -0.4 is 11.1 Å². The van der Waals surface area contributed by atoms with Gasteiger partial charge in [0.2, 0.25) is 0 Å². The zero-order valence-corrected chi connectivity index (χ0v) is 8.57. The maximum atomic E-state index is 11.5. The Morgan fingerprint density at radius 3 is 3.13 bits per heavy atom. The molecule has 1 aliphatic carbocycles. The fraction of sp³-hybridized carbons (Fsp3) is 0.600. The molecule has 1 heterocycles. The number of hydrogen-bond donors (Lipinski definition) is 3. The van der Waals surface area contributed by atoms with Crippen LogP contribution in [0.5, 0.6) is 0 Å². The van der Waals surface area contributed by atoms with Crippen molar-refractivity contribution in [2.75, 3.05) is 6.54 Å². The highest BCUT2D eigenvalue weighted by Crippen LogP contribution is 2.22. The van der Waals surface area contributed by atoms with Gasteiger partial charge in [-0.2, -0.15) is 5.10 Å². The van der Waals surface area contributed by atoms with E-state index >= 15 is 0 Å². The molecule has 1 saturated carbocycles. The predicted molar refractivity (Wildman–Crippen MR) is 56.2 cm³/mol. The van der Waals surface area contributed by atoms with Crippen LogP contribution in [0.1, 0.15) is 29.8 Å². The maximum absolute atomic E-state index is 11.5. The molecule has 0 spiro atoms. The molecular formula is C10H16N4O. The van der Waals surface area contributed by atoms with Crippen LogP contribution in [0.4, 0.5) is 0 Å². The molecule has 0 radical (unpaired) electrons. The average molecular weight is 208 g/mol. The van der Waals surface area contributed by atoms with E-state index in [0.29, 0.717) is 18.2 Å². The van der Waals surface area contributed by atoms with Crippen molar-refractivity contribution >= 4 is 5.91 Å². The Balaban J connectivity index is 1.81. The lowest BCUT2D eigenvalue weighted by molar-refractivity contribution is 0.0941. The maximum Gasteiger partial charge on any atom is 0.269 e. The van der Waals surface area contributed by atoms with E-state index in [9.17, 15) is 4.79 Å². The summed E-state index contributed by atoms with van der Waals surface area (Å²) in [6.07, 6.45) is 4.93. The van der Waals surface area contributed by atoms with Gasteiger partial charge in [0.1, 0.15) is 5.69 Å². The molecule has 15 heavy (non-hydrogen) atoms. The van der Waals surface area contributed by atoms with E-state index in [1.807, 2.05) is 0 Å². The first-order chi connectivity index (χ1) is 7.27. The number of rotatable bonds is 3. The number of H-pyrrole nitrogens is 1. The summed E-state index contributed by atoms with van der Waals surface area (Å²) in [5, 5.41) is 9.22. The van der Waals surface area contributed by atoms with Gasteiger partial charge < -0.3 is 11.1 Å². The van der Waals surface area contributed by atoms with Gasteiger partial charge in [-0.05, 0) is 24.8 Å². The van der Waals surface area contributed by atoms with E-state index in [2.05, 4.69) is 15.5 Å². The number of carbonyl (C=O) groups excluding carboxylic acids is 1. The third-order valence-electron chi connectivity index (χ3n) is 2.99. The van der Waals surface area contributed by atoms with Gasteiger partial charge in [-0.3, -0.25) is 9.89 Å². The molecule has 1 amide bonds. The van der Waals surface area contributed by atoms with E-state index in [1.54, 1.807) is 12.3 Å². The molecule has 5 heteroatoms. The zero-order chi connectivity index (χ0) is 10.7. The molecule has 0 aromatic carbocycles. The number of nitrogens with zero attached hydrogens (tertiary/aromatic N) is 1. The molecule has 2 rings (SSSR count). The van der Waals surface area contributed by atoms with E-state index in [0.717, 1.165) is 12.8 Å². The minimum atomic E-state index is -0.105. The summed E-state index contributed by atoms with van der Waals surface area (Å²) in [5.41, 5.74) is 6.41. The monoisotopic (exact) mass is 208 g/mol. The highest BCUT2D eigenvalue weighted by molar-refractivity contribution is 5.92. The fourth-order valence-corrected chi connectivity index (χ4v) is 2.02. The standard InChI is InChI=1S/C10H16N4O/c11-8-3-1-2-7(8)6-12-10(15)9-4-5-13-14-9/h4-5,7-8H,1-3,6,11H2,(H,12,15)(H,13,14). The second kappa shape index (κ2) is 4.44. The number of carbonyl (C=O) groups is 1. The third kappa shape index (κ3) is 2.36. The van der Waals surface area contributed by atoms with Crippen molar-refractivity contribution in [2.45, 2.75) is 25.3 Å². The number of aromatic nitrogens is 2. The molecule has 82 valence electrons. The Morgan fingerprint density at radius 2 is 2.53 bits per heavy atom. The molecule has 1 aromatic rings. The molecule has 2 atom stereocenters. The Hall–Kier alpha value is -1.36. The normalized spacial score (nSPS) is 25.4. The van der Waals surface area contributed by atoms with Crippen LogP contribution in [-0.2, 0) is 0 Å². The Bertz CT molecular complexity index is 322. The quantitative estimate of drug-likeness (QED) is 0.666. The van der Waals surface area contributed by atoms with Crippen LogP contribution in [0.3, 0.4) is 0 Å². The van der Waals surface area contributed by atoms with Gasteiger partial charge >= 0.3 is 0 Å². The second-order valence-electron chi connectivity index (χ2n) is 4.04. The minimum Gasteiger partial charge on any atom is -0.350 e. The average Bonchev–Trinajstić information content (AvgIpc) is 2.85. The highest BCUT2D eigenvalue weighted by Gasteiger charge is 2.24. The number of hydrogen-bond acceptors (Lipinski definition) is 3. The topological polar surface area (TPSA) is 83.8 Å². The summed E-state index contributed by atoms with van der Waals surface area (Å²) in [7, 11) is 0. The van der Waals surface area contributed by atoms with E-state index in [4.69, 9.17) is 5.73 Å². The Morgan fingerprint density at radius 1 is 1.67 bits per heavy atom. The first-order valence-electron chi connectivity index (χ1n) is 5.30. The predicted octanol–water partition coefficient (Wildman–Crippen LogP) is 0.267. The SMILES string of the molecule is NC1CCCC1CNC(=O)c1ccn[nH]1. The smallest absolute Gasteiger partial charge is 0.269 e. The van der Waals surface area contributed by atoms with Gasteiger partial charge in [0.15, 0.2) is 0 Å². The van der Waals surface area contributed by atoms with E-state index < -0.39 is 0 Å². The molecule has 4 N–H and O–H groups in total. The van der Waals surface area contributed by atoms with Gasteiger partial charge in [0, 0.05) is 18.8 Å². The van der Waals surface area contributed by atoms with E-state index in [-0.39, 0.29) is 11.9 Å². The number of nitrogens with one attached hydrogen (secondary N) is 2. The lowest BCUT2D eigenvalue weighted by Crippen LogP contribution is -2.36. The molecular weight excluding hydrogens is 192 g/mol. The van der Waals surface area contributed by atoms with Crippen LogP contribution in [0.15, 0.2) is 12.3 Å². The number of amides is 1. The van der Waals surface area contributed by atoms with Crippen LogP contribution >= 0.6 is 0 Å². The molecule has 0 aliphatic heterocycles. The number of aromatic amines is 1. The van der Waals surface area contributed by atoms with Crippen LogP contribution in [0, 0.1) is 5.92 Å². The fourth-order valence-electron chi connectivity index (χ4n) is 2.02. The molecule has 1 fully saturated rings. The first kappa shape index (κ1) is 10.2.